The smallest absolute Gasteiger partial charge is 0.407 e. The van der Waals surface area contributed by atoms with Gasteiger partial charge >= 0.3 is 12.1 Å². The van der Waals surface area contributed by atoms with E-state index in [1.165, 1.54) is 0 Å². The minimum absolute atomic E-state index is 0.0468. The highest BCUT2D eigenvalue weighted by Crippen LogP contribution is 2.44. The lowest BCUT2D eigenvalue weighted by Gasteiger charge is -2.29. The Morgan fingerprint density at radius 1 is 1.09 bits per heavy atom. The first-order valence-corrected chi connectivity index (χ1v) is 12.1. The van der Waals surface area contributed by atoms with Crippen LogP contribution in [0.4, 0.5) is 4.79 Å². The van der Waals surface area contributed by atoms with Crippen molar-refractivity contribution in [3.05, 3.63) is 59.7 Å². The number of nitrogens with zero attached hydrogens (tertiary/aromatic N) is 2. The molecule has 2 unspecified atom stereocenters. The number of alkyl carbamates (subject to hydrolysis) is 1. The van der Waals surface area contributed by atoms with Crippen LogP contribution in [0.15, 0.2) is 48.5 Å². The van der Waals surface area contributed by atoms with E-state index in [9.17, 15) is 19.5 Å². The molecule has 2 atom stereocenters. The minimum Gasteiger partial charge on any atom is -0.481 e. The quantitative estimate of drug-likeness (QED) is 0.573. The van der Waals surface area contributed by atoms with E-state index in [-0.39, 0.29) is 24.5 Å². The number of hydrogen-bond acceptors (Lipinski definition) is 5. The van der Waals surface area contributed by atoms with Crippen molar-refractivity contribution in [3.8, 4) is 11.1 Å². The van der Waals surface area contributed by atoms with E-state index in [0.29, 0.717) is 6.54 Å². The summed E-state index contributed by atoms with van der Waals surface area (Å²) in [7, 11) is 3.96. The van der Waals surface area contributed by atoms with Gasteiger partial charge in [0.15, 0.2) is 0 Å². The summed E-state index contributed by atoms with van der Waals surface area (Å²) >= 11 is 0. The van der Waals surface area contributed by atoms with E-state index >= 15 is 0 Å². The van der Waals surface area contributed by atoms with Gasteiger partial charge in [-0.25, -0.2) is 4.79 Å². The fraction of sp³-hybridized carbons (Fsp3) is 0.444. The topological polar surface area (TPSA) is 99.2 Å². The molecule has 4 rings (SSSR count). The van der Waals surface area contributed by atoms with Crippen LogP contribution in [-0.4, -0.2) is 78.8 Å². The first kappa shape index (κ1) is 24.7. The number of fused-ring (bicyclic) bond motifs is 3. The number of benzene rings is 2. The third-order valence-electron chi connectivity index (χ3n) is 6.88. The van der Waals surface area contributed by atoms with Gasteiger partial charge in [-0.15, -0.1) is 0 Å². The van der Waals surface area contributed by atoms with Gasteiger partial charge in [-0.3, -0.25) is 9.59 Å². The van der Waals surface area contributed by atoms with E-state index in [4.69, 9.17) is 4.74 Å². The molecule has 35 heavy (non-hydrogen) atoms. The van der Waals surface area contributed by atoms with Crippen LogP contribution in [0.3, 0.4) is 0 Å². The third kappa shape index (κ3) is 5.65. The molecule has 1 aliphatic carbocycles. The molecular formula is C27H33N3O5. The Bertz CT molecular complexity index is 1040. The lowest BCUT2D eigenvalue weighted by atomic mass is 9.98. The van der Waals surface area contributed by atoms with Gasteiger partial charge in [-0.05, 0) is 62.2 Å². The van der Waals surface area contributed by atoms with Crippen LogP contribution in [0.1, 0.15) is 42.7 Å². The maximum absolute atomic E-state index is 13.2. The zero-order chi connectivity index (χ0) is 24.9. The molecule has 0 saturated carbocycles. The predicted molar refractivity (Wildman–Crippen MR) is 132 cm³/mol. The highest BCUT2D eigenvalue weighted by atomic mass is 16.5. The number of carbonyl (C=O) groups excluding carboxylic acids is 2. The molecular weight excluding hydrogens is 446 g/mol. The van der Waals surface area contributed by atoms with Gasteiger partial charge < -0.3 is 25.0 Å². The first-order valence-electron chi connectivity index (χ1n) is 12.1. The summed E-state index contributed by atoms with van der Waals surface area (Å²) in [6.45, 7) is 1.50. The Kier molecular flexibility index (Phi) is 7.70. The summed E-state index contributed by atoms with van der Waals surface area (Å²) in [5.74, 6) is -1.62. The molecule has 2 aliphatic rings. The van der Waals surface area contributed by atoms with Crippen LogP contribution < -0.4 is 5.32 Å². The molecule has 8 heteroatoms. The summed E-state index contributed by atoms with van der Waals surface area (Å²) in [6, 6.07) is 14.9. The summed E-state index contributed by atoms with van der Waals surface area (Å²) in [5, 5.41) is 11.9. The molecule has 1 heterocycles. The molecule has 2 aromatic carbocycles. The van der Waals surface area contributed by atoms with Crippen molar-refractivity contribution in [3.63, 3.8) is 0 Å². The van der Waals surface area contributed by atoms with Gasteiger partial charge in [-0.1, -0.05) is 48.5 Å². The molecule has 1 saturated heterocycles. The van der Waals surface area contributed by atoms with E-state index in [1.807, 2.05) is 50.5 Å². The maximum Gasteiger partial charge on any atom is 0.407 e. The molecule has 1 fully saturated rings. The van der Waals surface area contributed by atoms with Gasteiger partial charge in [0.2, 0.25) is 5.91 Å². The Balaban J connectivity index is 1.41. The highest BCUT2D eigenvalue weighted by molar-refractivity contribution is 5.89. The van der Waals surface area contributed by atoms with Crippen molar-refractivity contribution in [1.29, 1.82) is 0 Å². The molecule has 0 bridgehead atoms. The number of carboxylic acid groups (broad SMARTS) is 1. The first-order chi connectivity index (χ1) is 16.8. The second-order valence-corrected chi connectivity index (χ2v) is 9.54. The molecule has 1 aliphatic heterocycles. The lowest BCUT2D eigenvalue weighted by Crippen LogP contribution is -2.51. The number of carboxylic acids is 1. The molecule has 2 N–H and O–H groups in total. The second-order valence-electron chi connectivity index (χ2n) is 9.54. The van der Waals surface area contributed by atoms with Crippen LogP contribution in [0, 0.1) is 0 Å². The summed E-state index contributed by atoms with van der Waals surface area (Å²) < 4.78 is 5.55. The van der Waals surface area contributed by atoms with Gasteiger partial charge in [0.25, 0.3) is 0 Å². The van der Waals surface area contributed by atoms with E-state index in [1.54, 1.807) is 4.90 Å². The van der Waals surface area contributed by atoms with Crippen molar-refractivity contribution < 1.29 is 24.2 Å². The number of amides is 2. The molecule has 2 amide bonds. The number of aliphatic carboxylic acids is 1. The maximum atomic E-state index is 13.2. The largest absolute Gasteiger partial charge is 0.481 e. The summed E-state index contributed by atoms with van der Waals surface area (Å²) in [6.07, 6.45) is 1.29. The molecule has 2 aromatic rings. The Labute approximate surface area is 205 Å². The van der Waals surface area contributed by atoms with Crippen LogP contribution >= 0.6 is 0 Å². The third-order valence-corrected chi connectivity index (χ3v) is 6.88. The van der Waals surface area contributed by atoms with Crippen LogP contribution in [0.2, 0.25) is 0 Å². The SMILES string of the molecule is CN(C)CCC1CCCN1C(=O)C(CC(=O)O)NC(=O)OCC1c2ccccc2-c2ccccc21. The second kappa shape index (κ2) is 10.9. The highest BCUT2D eigenvalue weighted by Gasteiger charge is 2.35. The number of carbonyl (C=O) groups is 3. The fourth-order valence-corrected chi connectivity index (χ4v) is 5.19. The predicted octanol–water partition coefficient (Wildman–Crippen LogP) is 3.31. The Morgan fingerprint density at radius 2 is 1.71 bits per heavy atom. The number of likely N-dealkylation sites (tertiary alicyclic amines) is 1. The van der Waals surface area contributed by atoms with Crippen molar-refractivity contribution in [1.82, 2.24) is 15.1 Å². The van der Waals surface area contributed by atoms with Crippen LogP contribution in [-0.2, 0) is 14.3 Å². The monoisotopic (exact) mass is 479 g/mol. The van der Waals surface area contributed by atoms with E-state index < -0.39 is 24.5 Å². The molecule has 0 radical (unpaired) electrons. The molecule has 0 spiro atoms. The average Bonchev–Trinajstić information content (AvgIpc) is 3.43. The molecule has 0 aromatic heterocycles. The zero-order valence-electron chi connectivity index (χ0n) is 20.3. The fourth-order valence-electron chi connectivity index (χ4n) is 5.19. The Hall–Kier alpha value is -3.39. The van der Waals surface area contributed by atoms with E-state index in [2.05, 4.69) is 22.3 Å². The van der Waals surface area contributed by atoms with Gasteiger partial charge in [-0.2, -0.15) is 0 Å². The van der Waals surface area contributed by atoms with Crippen LogP contribution in [0.5, 0.6) is 0 Å². The summed E-state index contributed by atoms with van der Waals surface area (Å²) in [5.41, 5.74) is 4.41. The molecule has 186 valence electrons. The van der Waals surface area contributed by atoms with Crippen molar-refractivity contribution in [2.75, 3.05) is 33.8 Å². The number of ether oxygens (including phenoxy) is 1. The standard InChI is InChI=1S/C27H33N3O5/c1-29(2)15-13-18-8-7-14-30(18)26(33)24(16-25(31)32)28-27(34)35-17-23-21-11-5-3-9-19(21)20-10-4-6-12-22(20)23/h3-6,9-12,18,23-24H,7-8,13-17H2,1-2H3,(H,28,34)(H,31,32). The van der Waals surface area contributed by atoms with E-state index in [0.717, 1.165) is 48.1 Å². The summed E-state index contributed by atoms with van der Waals surface area (Å²) in [4.78, 5) is 41.2. The van der Waals surface area contributed by atoms with Gasteiger partial charge in [0.05, 0.1) is 6.42 Å². The van der Waals surface area contributed by atoms with Crippen LogP contribution in [0.25, 0.3) is 11.1 Å². The van der Waals surface area contributed by atoms with Crippen molar-refractivity contribution in [2.24, 2.45) is 0 Å². The van der Waals surface area contributed by atoms with Gasteiger partial charge in [0, 0.05) is 18.5 Å². The lowest BCUT2D eigenvalue weighted by molar-refractivity contribution is -0.143. The number of nitrogens with one attached hydrogen (secondary N) is 1. The van der Waals surface area contributed by atoms with Crippen molar-refractivity contribution in [2.45, 2.75) is 43.7 Å². The number of rotatable bonds is 9. The average molecular weight is 480 g/mol. The Morgan fingerprint density at radius 3 is 2.31 bits per heavy atom. The van der Waals surface area contributed by atoms with Gasteiger partial charge in [0.1, 0.15) is 12.6 Å². The van der Waals surface area contributed by atoms with Crippen molar-refractivity contribution >= 4 is 18.0 Å². The normalized spacial score (nSPS) is 17.7. The molecule has 8 nitrogen and oxygen atoms in total. The number of hydrogen-bond donors (Lipinski definition) is 2. The minimum atomic E-state index is -1.16. The zero-order valence-corrected chi connectivity index (χ0v) is 20.3.